The number of hydrogen-bond acceptors (Lipinski definition) is 4. The maximum Gasteiger partial charge on any atom is 0.255 e. The first-order valence-electron chi connectivity index (χ1n) is 9.71. The number of hydrogen-bond donors (Lipinski definition) is 2. The van der Waals surface area contributed by atoms with Crippen LogP contribution in [-0.2, 0) is 19.5 Å². The van der Waals surface area contributed by atoms with Gasteiger partial charge in [-0.2, -0.15) is 5.10 Å². The predicted octanol–water partition coefficient (Wildman–Crippen LogP) is 3.55. The highest BCUT2D eigenvalue weighted by Crippen LogP contribution is 2.20. The van der Waals surface area contributed by atoms with Gasteiger partial charge in [0, 0.05) is 6.54 Å². The third-order valence-corrected chi connectivity index (χ3v) is 4.84. The van der Waals surface area contributed by atoms with Crippen LogP contribution in [0.3, 0.4) is 0 Å². The van der Waals surface area contributed by atoms with Crippen molar-refractivity contribution >= 4 is 5.91 Å². The molecule has 4 rings (SSSR count). The van der Waals surface area contributed by atoms with E-state index in [9.17, 15) is 9.90 Å². The van der Waals surface area contributed by atoms with E-state index in [1.165, 1.54) is 6.33 Å². The summed E-state index contributed by atoms with van der Waals surface area (Å²) in [6.45, 7) is 1.03. The minimum Gasteiger partial charge on any atom is -0.507 e. The average Bonchev–Trinajstić information content (AvgIpc) is 3.28. The van der Waals surface area contributed by atoms with E-state index in [4.69, 9.17) is 0 Å². The van der Waals surface area contributed by atoms with Gasteiger partial charge in [-0.15, -0.1) is 0 Å². The third kappa shape index (κ3) is 4.91. The number of rotatable bonds is 7. The van der Waals surface area contributed by atoms with Gasteiger partial charge in [0.1, 0.15) is 18.4 Å². The quantitative estimate of drug-likeness (QED) is 0.499. The molecule has 0 aliphatic heterocycles. The maximum atomic E-state index is 12.6. The molecule has 150 valence electrons. The summed E-state index contributed by atoms with van der Waals surface area (Å²) in [7, 11) is 0. The van der Waals surface area contributed by atoms with Crippen LogP contribution in [0.5, 0.6) is 5.75 Å². The molecule has 1 aromatic heterocycles. The number of aromatic hydroxyl groups is 1. The van der Waals surface area contributed by atoms with Gasteiger partial charge in [-0.05, 0) is 40.8 Å². The Balaban J connectivity index is 1.38. The normalized spacial score (nSPS) is 10.7. The van der Waals surface area contributed by atoms with Gasteiger partial charge < -0.3 is 10.4 Å². The molecular weight excluding hydrogens is 376 g/mol. The molecule has 2 N–H and O–H groups in total. The summed E-state index contributed by atoms with van der Waals surface area (Å²) in [4.78, 5) is 16.6. The molecule has 0 atom stereocenters. The van der Waals surface area contributed by atoms with Crippen LogP contribution < -0.4 is 5.32 Å². The maximum absolute atomic E-state index is 12.6. The lowest BCUT2D eigenvalue weighted by Crippen LogP contribution is -2.23. The summed E-state index contributed by atoms with van der Waals surface area (Å²) >= 11 is 0. The van der Waals surface area contributed by atoms with Gasteiger partial charge in [-0.3, -0.25) is 4.79 Å². The number of benzene rings is 3. The van der Waals surface area contributed by atoms with E-state index in [1.807, 2.05) is 60.7 Å². The zero-order valence-electron chi connectivity index (χ0n) is 16.4. The molecule has 0 aliphatic rings. The Morgan fingerprint density at radius 2 is 1.63 bits per heavy atom. The van der Waals surface area contributed by atoms with E-state index < -0.39 is 0 Å². The van der Waals surface area contributed by atoms with Crippen LogP contribution >= 0.6 is 0 Å². The average molecular weight is 398 g/mol. The van der Waals surface area contributed by atoms with Crippen molar-refractivity contribution in [3.05, 3.63) is 113 Å². The smallest absolute Gasteiger partial charge is 0.255 e. The van der Waals surface area contributed by atoms with Crippen molar-refractivity contribution in [1.82, 2.24) is 20.1 Å². The Labute approximate surface area is 174 Å². The summed E-state index contributed by atoms with van der Waals surface area (Å²) in [6.07, 6.45) is 3.88. The highest BCUT2D eigenvalue weighted by Gasteiger charge is 2.12. The van der Waals surface area contributed by atoms with Gasteiger partial charge in [0.05, 0.1) is 12.1 Å². The van der Waals surface area contributed by atoms with E-state index >= 15 is 0 Å². The SMILES string of the molecule is O=C(NCc1ccc(Cn2cncn2)cc1)c1cc(Cc2ccccc2)ccc1O. The molecule has 4 aromatic rings. The van der Waals surface area contributed by atoms with Crippen molar-refractivity contribution in [1.29, 1.82) is 0 Å². The van der Waals surface area contributed by atoms with E-state index in [0.29, 0.717) is 19.5 Å². The topological polar surface area (TPSA) is 80.0 Å². The van der Waals surface area contributed by atoms with Crippen LogP contribution in [0, 0.1) is 0 Å². The molecule has 6 nitrogen and oxygen atoms in total. The van der Waals surface area contributed by atoms with Gasteiger partial charge in [0.2, 0.25) is 0 Å². The molecule has 3 aromatic carbocycles. The van der Waals surface area contributed by atoms with Crippen molar-refractivity contribution in [2.45, 2.75) is 19.5 Å². The molecule has 0 saturated heterocycles. The highest BCUT2D eigenvalue weighted by molar-refractivity contribution is 5.97. The minimum atomic E-state index is -0.297. The highest BCUT2D eigenvalue weighted by atomic mass is 16.3. The van der Waals surface area contributed by atoms with Gasteiger partial charge in [-0.25, -0.2) is 9.67 Å². The monoisotopic (exact) mass is 398 g/mol. The van der Waals surface area contributed by atoms with E-state index in [0.717, 1.165) is 22.3 Å². The van der Waals surface area contributed by atoms with Gasteiger partial charge >= 0.3 is 0 Å². The zero-order valence-corrected chi connectivity index (χ0v) is 16.4. The Kier molecular flexibility index (Phi) is 5.85. The molecule has 0 bridgehead atoms. The molecule has 1 amide bonds. The Morgan fingerprint density at radius 3 is 2.37 bits per heavy atom. The molecule has 0 unspecified atom stereocenters. The number of nitrogens with one attached hydrogen (secondary N) is 1. The van der Waals surface area contributed by atoms with Crippen LogP contribution in [0.1, 0.15) is 32.6 Å². The first-order chi connectivity index (χ1) is 14.7. The van der Waals surface area contributed by atoms with E-state index in [-0.39, 0.29) is 17.2 Å². The lowest BCUT2D eigenvalue weighted by atomic mass is 10.0. The zero-order chi connectivity index (χ0) is 20.8. The molecule has 0 aliphatic carbocycles. The van der Waals surface area contributed by atoms with Crippen molar-refractivity contribution < 1.29 is 9.90 Å². The summed E-state index contributed by atoms with van der Waals surface area (Å²) in [6, 6.07) is 23.1. The number of aromatic nitrogens is 3. The van der Waals surface area contributed by atoms with E-state index in [1.54, 1.807) is 23.1 Å². The van der Waals surface area contributed by atoms with Crippen molar-refractivity contribution in [3.8, 4) is 5.75 Å². The predicted molar refractivity (Wildman–Crippen MR) is 114 cm³/mol. The summed E-state index contributed by atoms with van der Waals surface area (Å²) < 4.78 is 1.75. The third-order valence-electron chi connectivity index (χ3n) is 4.84. The summed E-state index contributed by atoms with van der Waals surface area (Å²) in [5.41, 5.74) is 4.49. The van der Waals surface area contributed by atoms with Crippen LogP contribution in [0.15, 0.2) is 85.5 Å². The summed E-state index contributed by atoms with van der Waals surface area (Å²) in [5.74, 6) is -0.318. The number of nitrogens with zero attached hydrogens (tertiary/aromatic N) is 3. The Bertz CT molecular complexity index is 1110. The largest absolute Gasteiger partial charge is 0.507 e. The standard InChI is InChI=1S/C24H22N4O2/c29-23-11-10-21(12-18-4-2-1-3-5-18)13-22(23)24(30)26-14-19-6-8-20(9-7-19)15-28-17-25-16-27-28/h1-11,13,16-17,29H,12,14-15H2,(H,26,30). The van der Waals surface area contributed by atoms with Crippen molar-refractivity contribution in [3.63, 3.8) is 0 Å². The van der Waals surface area contributed by atoms with Gasteiger partial charge in [0.15, 0.2) is 0 Å². The van der Waals surface area contributed by atoms with Crippen molar-refractivity contribution in [2.24, 2.45) is 0 Å². The fourth-order valence-electron chi connectivity index (χ4n) is 3.25. The molecule has 0 radical (unpaired) electrons. The number of carbonyl (C=O) groups is 1. The lowest BCUT2D eigenvalue weighted by Gasteiger charge is -2.10. The van der Waals surface area contributed by atoms with Gasteiger partial charge in [-0.1, -0.05) is 60.7 Å². The second-order valence-corrected chi connectivity index (χ2v) is 7.11. The molecule has 30 heavy (non-hydrogen) atoms. The first-order valence-corrected chi connectivity index (χ1v) is 9.71. The number of amides is 1. The van der Waals surface area contributed by atoms with Gasteiger partial charge in [0.25, 0.3) is 5.91 Å². The number of phenols is 1. The molecule has 0 fully saturated rings. The molecular formula is C24H22N4O2. The van der Waals surface area contributed by atoms with Crippen molar-refractivity contribution in [2.75, 3.05) is 0 Å². The van der Waals surface area contributed by atoms with Crippen LogP contribution in [-0.4, -0.2) is 25.8 Å². The van der Waals surface area contributed by atoms with Crippen LogP contribution in [0.4, 0.5) is 0 Å². The lowest BCUT2D eigenvalue weighted by molar-refractivity contribution is 0.0948. The molecule has 0 spiro atoms. The fourth-order valence-corrected chi connectivity index (χ4v) is 3.25. The second kappa shape index (κ2) is 9.05. The minimum absolute atomic E-state index is 0.0208. The molecule has 0 saturated carbocycles. The first kappa shape index (κ1) is 19.4. The molecule has 6 heteroatoms. The Morgan fingerprint density at radius 1 is 0.900 bits per heavy atom. The van der Waals surface area contributed by atoms with Crippen LogP contribution in [0.2, 0.25) is 0 Å². The fraction of sp³-hybridized carbons (Fsp3) is 0.125. The second-order valence-electron chi connectivity index (χ2n) is 7.11. The summed E-state index contributed by atoms with van der Waals surface area (Å²) in [5, 5.41) is 17.1. The van der Waals surface area contributed by atoms with E-state index in [2.05, 4.69) is 15.4 Å². The molecule has 1 heterocycles. The number of carbonyl (C=O) groups excluding carboxylic acids is 1. The van der Waals surface area contributed by atoms with Crippen LogP contribution in [0.25, 0.3) is 0 Å². The number of phenolic OH excluding ortho intramolecular Hbond substituents is 1. The Hall–Kier alpha value is -3.93.